The van der Waals surface area contributed by atoms with E-state index in [0.29, 0.717) is 0 Å². The van der Waals surface area contributed by atoms with Crippen molar-refractivity contribution in [3.8, 4) is 0 Å². The number of carbonyl (C=O) groups excluding carboxylic acids is 3. The van der Waals surface area contributed by atoms with E-state index in [9.17, 15) is 14.4 Å². The molecule has 0 saturated heterocycles. The van der Waals surface area contributed by atoms with Crippen LogP contribution in [0.5, 0.6) is 0 Å². The quantitative estimate of drug-likeness (QED) is 0.531. The maximum absolute atomic E-state index is 13.6. The Balaban J connectivity index is 2.36. The van der Waals surface area contributed by atoms with Crippen molar-refractivity contribution in [3.63, 3.8) is 0 Å². The molecule has 0 radical (unpaired) electrons. The largest absolute Gasteiger partial charge is 0.444 e. The lowest BCUT2D eigenvalue weighted by molar-refractivity contribution is -0.147. The van der Waals surface area contributed by atoms with Crippen LogP contribution in [-0.2, 0) is 14.3 Å². The molecule has 2 unspecified atom stereocenters. The van der Waals surface area contributed by atoms with Crippen molar-refractivity contribution in [1.82, 2.24) is 15.5 Å². The number of ether oxygens (including phenoxy) is 1. The van der Waals surface area contributed by atoms with Crippen LogP contribution in [0, 0.1) is 0 Å². The van der Waals surface area contributed by atoms with Crippen LogP contribution in [0.25, 0.3) is 0 Å². The summed E-state index contributed by atoms with van der Waals surface area (Å²) >= 11 is 4.30. The molecule has 0 bridgehead atoms. The van der Waals surface area contributed by atoms with Gasteiger partial charge in [-0.25, -0.2) is 4.79 Å². The summed E-state index contributed by atoms with van der Waals surface area (Å²) in [7, 11) is 0. The van der Waals surface area contributed by atoms with Crippen LogP contribution in [0.15, 0.2) is 30.3 Å². The van der Waals surface area contributed by atoms with Gasteiger partial charge in [0.05, 0.1) is 0 Å². The Morgan fingerprint density at radius 1 is 1.13 bits per heavy atom. The molecule has 1 aliphatic carbocycles. The minimum Gasteiger partial charge on any atom is -0.444 e. The SMILES string of the molecule is CC(C)NC(=O)C(c1ccccc1)N(C(=O)C(CS)NC(=O)OC(C)(C)C)C1CCC1. The predicted molar refractivity (Wildman–Crippen MR) is 124 cm³/mol. The summed E-state index contributed by atoms with van der Waals surface area (Å²) in [5.41, 5.74) is 0.0437. The van der Waals surface area contributed by atoms with Crippen LogP contribution >= 0.6 is 12.6 Å². The highest BCUT2D eigenvalue weighted by molar-refractivity contribution is 7.80. The summed E-state index contributed by atoms with van der Waals surface area (Å²) in [6.07, 6.45) is 1.94. The van der Waals surface area contributed by atoms with E-state index in [0.717, 1.165) is 24.8 Å². The molecule has 2 N–H and O–H groups in total. The van der Waals surface area contributed by atoms with Crippen LogP contribution in [0.3, 0.4) is 0 Å². The van der Waals surface area contributed by atoms with Crippen molar-refractivity contribution in [1.29, 1.82) is 0 Å². The van der Waals surface area contributed by atoms with Crippen molar-refractivity contribution in [2.24, 2.45) is 0 Å². The Bertz CT molecular complexity index is 760. The molecule has 1 saturated carbocycles. The van der Waals surface area contributed by atoms with E-state index in [1.54, 1.807) is 25.7 Å². The normalized spacial score (nSPS) is 16.1. The third kappa shape index (κ3) is 7.16. The number of rotatable bonds is 8. The zero-order valence-electron chi connectivity index (χ0n) is 19.1. The van der Waals surface area contributed by atoms with Gasteiger partial charge in [0, 0.05) is 17.8 Å². The minimum absolute atomic E-state index is 0.0709. The highest BCUT2D eigenvalue weighted by atomic mass is 32.1. The molecule has 1 aliphatic rings. The smallest absolute Gasteiger partial charge is 0.408 e. The van der Waals surface area contributed by atoms with E-state index < -0.39 is 23.8 Å². The van der Waals surface area contributed by atoms with Gasteiger partial charge < -0.3 is 20.3 Å². The predicted octanol–water partition coefficient (Wildman–Crippen LogP) is 3.46. The molecule has 0 aliphatic heterocycles. The van der Waals surface area contributed by atoms with E-state index in [2.05, 4.69) is 23.3 Å². The summed E-state index contributed by atoms with van der Waals surface area (Å²) in [4.78, 5) is 40.8. The maximum atomic E-state index is 13.6. The van der Waals surface area contributed by atoms with Crippen LogP contribution in [-0.4, -0.2) is 52.3 Å². The second kappa shape index (κ2) is 10.9. The summed E-state index contributed by atoms with van der Waals surface area (Å²) in [6.45, 7) is 9.04. The number of hydrogen-bond donors (Lipinski definition) is 3. The molecule has 0 heterocycles. The van der Waals surface area contributed by atoms with Crippen LogP contribution in [0.4, 0.5) is 4.79 Å². The Labute approximate surface area is 190 Å². The number of thiol groups is 1. The van der Waals surface area contributed by atoms with E-state index in [1.807, 2.05) is 44.2 Å². The second-order valence-corrected chi connectivity index (χ2v) is 9.55. The van der Waals surface area contributed by atoms with Gasteiger partial charge in [0.2, 0.25) is 11.8 Å². The lowest BCUT2D eigenvalue weighted by atomic mass is 9.88. The molecule has 3 amide bonds. The lowest BCUT2D eigenvalue weighted by Crippen LogP contribution is -2.58. The third-order valence-electron chi connectivity index (χ3n) is 4.97. The number of nitrogens with one attached hydrogen (secondary N) is 2. The first-order chi connectivity index (χ1) is 14.5. The average Bonchev–Trinajstić information content (AvgIpc) is 2.62. The number of carbonyl (C=O) groups is 3. The molecule has 2 rings (SSSR count). The molecule has 0 spiro atoms. The van der Waals surface area contributed by atoms with Gasteiger partial charge in [0.15, 0.2) is 0 Å². The molecule has 172 valence electrons. The molecular formula is C23H35N3O4S. The first-order valence-electron chi connectivity index (χ1n) is 10.8. The van der Waals surface area contributed by atoms with Crippen molar-refractivity contribution in [2.75, 3.05) is 5.75 Å². The average molecular weight is 450 g/mol. The van der Waals surface area contributed by atoms with Gasteiger partial charge in [-0.3, -0.25) is 9.59 Å². The fourth-order valence-electron chi connectivity index (χ4n) is 3.44. The fourth-order valence-corrected chi connectivity index (χ4v) is 3.68. The van der Waals surface area contributed by atoms with Crippen LogP contribution in [0.2, 0.25) is 0 Å². The van der Waals surface area contributed by atoms with Crippen LogP contribution < -0.4 is 10.6 Å². The topological polar surface area (TPSA) is 87.7 Å². The molecule has 31 heavy (non-hydrogen) atoms. The van der Waals surface area contributed by atoms with Gasteiger partial charge in [0.25, 0.3) is 0 Å². The molecule has 1 fully saturated rings. The summed E-state index contributed by atoms with van der Waals surface area (Å²) < 4.78 is 5.31. The van der Waals surface area contributed by atoms with Gasteiger partial charge in [-0.15, -0.1) is 0 Å². The van der Waals surface area contributed by atoms with E-state index >= 15 is 0 Å². The first kappa shape index (κ1) is 25.0. The van der Waals surface area contributed by atoms with Crippen molar-refractivity contribution in [3.05, 3.63) is 35.9 Å². The number of amides is 3. The standard InChI is InChI=1S/C23H35N3O4S/c1-15(2)24-20(27)19(16-10-7-6-8-11-16)26(17-12-9-13-17)21(28)18(14-31)25-22(29)30-23(3,4)5/h6-8,10-11,15,17-19,31H,9,12-14H2,1-5H3,(H,24,27)(H,25,29). The minimum atomic E-state index is -0.906. The first-order valence-corrected chi connectivity index (χ1v) is 11.4. The molecule has 8 heteroatoms. The van der Waals surface area contributed by atoms with Gasteiger partial charge in [0.1, 0.15) is 17.7 Å². The Kier molecular flexibility index (Phi) is 8.79. The Morgan fingerprint density at radius 3 is 2.19 bits per heavy atom. The second-order valence-electron chi connectivity index (χ2n) is 9.19. The zero-order valence-corrected chi connectivity index (χ0v) is 19.9. The molecule has 2 atom stereocenters. The Hall–Kier alpha value is -2.22. The maximum Gasteiger partial charge on any atom is 0.408 e. The van der Waals surface area contributed by atoms with Gasteiger partial charge in [-0.1, -0.05) is 30.3 Å². The molecular weight excluding hydrogens is 414 g/mol. The van der Waals surface area contributed by atoms with Crippen molar-refractivity contribution >= 4 is 30.5 Å². The van der Waals surface area contributed by atoms with Crippen molar-refractivity contribution < 1.29 is 19.1 Å². The summed E-state index contributed by atoms with van der Waals surface area (Å²) in [5.74, 6) is -0.482. The van der Waals surface area contributed by atoms with E-state index in [4.69, 9.17) is 4.74 Å². The van der Waals surface area contributed by atoms with Gasteiger partial charge in [-0.2, -0.15) is 12.6 Å². The summed E-state index contributed by atoms with van der Waals surface area (Å²) in [5, 5.41) is 5.58. The number of nitrogens with zero attached hydrogens (tertiary/aromatic N) is 1. The molecule has 0 aromatic heterocycles. The lowest BCUT2D eigenvalue weighted by Gasteiger charge is -2.43. The summed E-state index contributed by atoms with van der Waals surface area (Å²) in [6, 6.07) is 7.43. The third-order valence-corrected chi connectivity index (χ3v) is 5.33. The molecule has 7 nitrogen and oxygen atoms in total. The molecule has 1 aromatic carbocycles. The fraction of sp³-hybridized carbons (Fsp3) is 0.609. The number of alkyl carbamates (subject to hydrolysis) is 1. The highest BCUT2D eigenvalue weighted by Gasteiger charge is 2.41. The number of benzene rings is 1. The number of hydrogen-bond acceptors (Lipinski definition) is 5. The monoisotopic (exact) mass is 449 g/mol. The zero-order chi connectivity index (χ0) is 23.2. The van der Waals surface area contributed by atoms with Gasteiger partial charge >= 0.3 is 6.09 Å². The van der Waals surface area contributed by atoms with E-state index in [-0.39, 0.29) is 29.7 Å². The van der Waals surface area contributed by atoms with Crippen molar-refractivity contribution in [2.45, 2.75) is 83.6 Å². The Morgan fingerprint density at radius 2 is 1.74 bits per heavy atom. The van der Waals surface area contributed by atoms with Gasteiger partial charge in [-0.05, 0) is 59.4 Å². The highest BCUT2D eigenvalue weighted by Crippen LogP contribution is 2.33. The van der Waals surface area contributed by atoms with E-state index in [1.165, 1.54) is 0 Å². The van der Waals surface area contributed by atoms with Crippen LogP contribution in [0.1, 0.15) is 65.5 Å². The molecule has 1 aromatic rings.